The quantitative estimate of drug-likeness (QED) is 0.832. The van der Waals surface area contributed by atoms with Crippen molar-refractivity contribution in [1.82, 2.24) is 5.16 Å². The molecule has 0 radical (unpaired) electrons. The fraction of sp³-hybridized carbons (Fsp3) is 0.267. The van der Waals surface area contributed by atoms with Gasteiger partial charge in [0, 0.05) is 16.8 Å². The molecule has 0 unspecified atom stereocenters. The normalized spacial score (nSPS) is 10.4. The Balaban J connectivity index is 1.71. The Morgan fingerprint density at radius 2 is 1.87 bits per heavy atom. The van der Waals surface area contributed by atoms with Crippen LogP contribution >= 0.6 is 23.4 Å². The first-order valence-corrected chi connectivity index (χ1v) is 8.34. The zero-order valence-corrected chi connectivity index (χ0v) is 14.3. The van der Waals surface area contributed by atoms with E-state index in [4.69, 9.17) is 16.1 Å². The van der Waals surface area contributed by atoms with Crippen LogP contribution in [-0.2, 0) is 9.59 Å². The summed E-state index contributed by atoms with van der Waals surface area (Å²) in [6.45, 7) is 3.62. The van der Waals surface area contributed by atoms with E-state index >= 15 is 0 Å². The number of carbonyl (C=O) groups is 2. The molecule has 0 spiro atoms. The summed E-state index contributed by atoms with van der Waals surface area (Å²) in [6, 6.07) is 6.93. The molecule has 0 atom stereocenters. The molecular weight excluding hydrogens is 338 g/mol. The Kier molecular flexibility index (Phi) is 6.06. The highest BCUT2D eigenvalue weighted by Crippen LogP contribution is 2.20. The molecule has 1 heterocycles. The Bertz CT molecular complexity index is 718. The number of carbonyl (C=O) groups excluding carboxylic acids is 2. The number of nitrogens with one attached hydrogen (secondary N) is 2. The van der Waals surface area contributed by atoms with E-state index in [1.54, 1.807) is 25.1 Å². The smallest absolute Gasteiger partial charge is 0.235 e. The van der Waals surface area contributed by atoms with Crippen LogP contribution in [0.15, 0.2) is 28.8 Å². The van der Waals surface area contributed by atoms with Crippen LogP contribution < -0.4 is 10.6 Å². The van der Waals surface area contributed by atoms with Crippen molar-refractivity contribution < 1.29 is 14.1 Å². The fourth-order valence-electron chi connectivity index (χ4n) is 1.71. The minimum Gasteiger partial charge on any atom is -0.360 e. The number of benzene rings is 1. The second-order valence-electron chi connectivity index (χ2n) is 4.88. The van der Waals surface area contributed by atoms with Gasteiger partial charge in [0.25, 0.3) is 0 Å². The van der Waals surface area contributed by atoms with Gasteiger partial charge in [-0.2, -0.15) is 0 Å². The maximum atomic E-state index is 11.8. The molecule has 0 aliphatic carbocycles. The molecule has 0 aliphatic heterocycles. The monoisotopic (exact) mass is 353 g/mol. The molecule has 0 bridgehead atoms. The molecule has 0 saturated heterocycles. The summed E-state index contributed by atoms with van der Waals surface area (Å²) in [5.74, 6) is 0.857. The number of thioether (sulfide) groups is 1. The first-order chi connectivity index (χ1) is 10.9. The number of hydrogen-bond acceptors (Lipinski definition) is 5. The van der Waals surface area contributed by atoms with Gasteiger partial charge >= 0.3 is 0 Å². The van der Waals surface area contributed by atoms with E-state index in [0.717, 1.165) is 5.56 Å². The van der Waals surface area contributed by atoms with Crippen LogP contribution in [0.3, 0.4) is 0 Å². The lowest BCUT2D eigenvalue weighted by Crippen LogP contribution is -2.18. The number of hydrogen-bond donors (Lipinski definition) is 2. The number of aromatic nitrogens is 1. The van der Waals surface area contributed by atoms with Gasteiger partial charge in [0.05, 0.1) is 11.5 Å². The Morgan fingerprint density at radius 3 is 2.48 bits per heavy atom. The van der Waals surface area contributed by atoms with E-state index in [2.05, 4.69) is 15.8 Å². The van der Waals surface area contributed by atoms with Crippen molar-refractivity contribution in [2.75, 3.05) is 22.1 Å². The van der Waals surface area contributed by atoms with Crippen molar-refractivity contribution in [1.29, 1.82) is 0 Å². The Morgan fingerprint density at radius 1 is 1.17 bits per heavy atom. The third kappa shape index (κ3) is 5.61. The summed E-state index contributed by atoms with van der Waals surface area (Å²) in [5.41, 5.74) is 1.58. The molecule has 1 aromatic heterocycles. The van der Waals surface area contributed by atoms with Crippen LogP contribution in [-0.4, -0.2) is 28.5 Å². The van der Waals surface area contributed by atoms with E-state index in [1.165, 1.54) is 11.8 Å². The Hall–Kier alpha value is -1.99. The van der Waals surface area contributed by atoms with Crippen molar-refractivity contribution in [2.45, 2.75) is 13.8 Å². The summed E-state index contributed by atoms with van der Waals surface area (Å²) in [7, 11) is 0. The number of amides is 2. The van der Waals surface area contributed by atoms with Gasteiger partial charge in [-0.15, -0.1) is 11.8 Å². The van der Waals surface area contributed by atoms with Crippen LogP contribution in [0.25, 0.3) is 0 Å². The van der Waals surface area contributed by atoms with E-state index in [0.29, 0.717) is 22.3 Å². The topological polar surface area (TPSA) is 84.2 Å². The summed E-state index contributed by atoms with van der Waals surface area (Å²) < 4.78 is 4.85. The van der Waals surface area contributed by atoms with Gasteiger partial charge in [0.1, 0.15) is 5.76 Å². The van der Waals surface area contributed by atoms with Gasteiger partial charge in [-0.3, -0.25) is 9.59 Å². The molecule has 122 valence electrons. The van der Waals surface area contributed by atoms with Crippen molar-refractivity contribution >= 4 is 46.7 Å². The second-order valence-corrected chi connectivity index (χ2v) is 6.27. The molecule has 6 nitrogen and oxygen atoms in total. The van der Waals surface area contributed by atoms with Crippen LogP contribution in [0.5, 0.6) is 0 Å². The number of anilines is 2. The number of nitrogens with zero attached hydrogens (tertiary/aromatic N) is 1. The molecule has 0 saturated carbocycles. The first kappa shape index (κ1) is 17.4. The summed E-state index contributed by atoms with van der Waals surface area (Å²) in [6.07, 6.45) is 0. The average molecular weight is 354 g/mol. The highest BCUT2D eigenvalue weighted by atomic mass is 35.5. The molecule has 2 N–H and O–H groups in total. The van der Waals surface area contributed by atoms with Gasteiger partial charge in [-0.25, -0.2) is 0 Å². The summed E-state index contributed by atoms with van der Waals surface area (Å²) in [5, 5.41) is 9.58. The molecule has 2 aromatic rings. The molecular formula is C15H16ClN3O3S. The zero-order chi connectivity index (χ0) is 16.8. The molecule has 1 aromatic carbocycles. The zero-order valence-electron chi connectivity index (χ0n) is 12.7. The summed E-state index contributed by atoms with van der Waals surface area (Å²) >= 11 is 7.21. The van der Waals surface area contributed by atoms with Crippen molar-refractivity contribution in [3.63, 3.8) is 0 Å². The minimum absolute atomic E-state index is 0.147. The van der Waals surface area contributed by atoms with E-state index < -0.39 is 0 Å². The maximum Gasteiger partial charge on any atom is 0.235 e. The lowest BCUT2D eigenvalue weighted by Gasteiger charge is -2.06. The first-order valence-electron chi connectivity index (χ1n) is 6.81. The highest BCUT2D eigenvalue weighted by Gasteiger charge is 2.09. The standard InChI is InChI=1S/C15H16ClN3O3S/c1-9-3-4-11(6-12(9)16)17-14(20)7-23-8-15(21)18-13-5-10(2)22-19-13/h3-6H,7-8H2,1-2H3,(H,17,20)(H,18,19,21). The molecule has 0 fully saturated rings. The molecule has 2 amide bonds. The molecule has 8 heteroatoms. The van der Waals surface area contributed by atoms with Crippen LogP contribution in [0, 0.1) is 13.8 Å². The van der Waals surface area contributed by atoms with Gasteiger partial charge in [0.2, 0.25) is 11.8 Å². The fourth-order valence-corrected chi connectivity index (χ4v) is 2.51. The number of aryl methyl sites for hydroxylation is 2. The summed E-state index contributed by atoms with van der Waals surface area (Å²) in [4.78, 5) is 23.5. The molecule has 0 aliphatic rings. The third-order valence-electron chi connectivity index (χ3n) is 2.82. The van der Waals surface area contributed by atoms with E-state index in [-0.39, 0.29) is 23.3 Å². The molecule has 2 rings (SSSR count). The Labute approximate surface area is 142 Å². The van der Waals surface area contributed by atoms with Crippen LogP contribution in [0.2, 0.25) is 5.02 Å². The van der Waals surface area contributed by atoms with Crippen molar-refractivity contribution in [3.05, 3.63) is 40.6 Å². The van der Waals surface area contributed by atoms with Gasteiger partial charge in [0.15, 0.2) is 5.82 Å². The average Bonchev–Trinajstić information content (AvgIpc) is 2.88. The second kappa shape index (κ2) is 8.03. The number of halogens is 1. The lowest BCUT2D eigenvalue weighted by atomic mass is 10.2. The van der Waals surface area contributed by atoms with Gasteiger partial charge in [-0.1, -0.05) is 22.8 Å². The molecule has 23 heavy (non-hydrogen) atoms. The SMILES string of the molecule is Cc1cc(NC(=O)CSCC(=O)Nc2ccc(C)c(Cl)c2)no1. The maximum absolute atomic E-state index is 11.8. The van der Waals surface area contributed by atoms with Gasteiger partial charge in [-0.05, 0) is 31.5 Å². The van der Waals surface area contributed by atoms with Gasteiger partial charge < -0.3 is 15.2 Å². The van der Waals surface area contributed by atoms with Crippen molar-refractivity contribution in [2.24, 2.45) is 0 Å². The lowest BCUT2D eigenvalue weighted by molar-refractivity contribution is -0.114. The van der Waals surface area contributed by atoms with Crippen LogP contribution in [0.4, 0.5) is 11.5 Å². The highest BCUT2D eigenvalue weighted by molar-refractivity contribution is 8.00. The van der Waals surface area contributed by atoms with Crippen LogP contribution in [0.1, 0.15) is 11.3 Å². The van der Waals surface area contributed by atoms with E-state index in [9.17, 15) is 9.59 Å². The third-order valence-corrected chi connectivity index (χ3v) is 4.16. The largest absolute Gasteiger partial charge is 0.360 e. The predicted octanol–water partition coefficient (Wildman–Crippen LogP) is 3.26. The number of rotatable bonds is 6. The predicted molar refractivity (Wildman–Crippen MR) is 92.0 cm³/mol. The van der Waals surface area contributed by atoms with E-state index in [1.807, 2.05) is 13.0 Å². The minimum atomic E-state index is -0.241. The van der Waals surface area contributed by atoms with Crippen molar-refractivity contribution in [3.8, 4) is 0 Å².